The molecule has 1 aliphatic rings. The highest BCUT2D eigenvalue weighted by Crippen LogP contribution is 1.95. The van der Waals surface area contributed by atoms with E-state index in [4.69, 9.17) is 0 Å². The highest BCUT2D eigenvalue weighted by molar-refractivity contribution is 8.11. The number of nitrogens with one attached hydrogen (secondary N) is 1. The van der Waals surface area contributed by atoms with Crippen LogP contribution in [0.5, 0.6) is 0 Å². The maximum Gasteiger partial charge on any atom is 0.150 e. The predicted octanol–water partition coefficient (Wildman–Crippen LogP) is 0.902. The molecule has 0 aliphatic carbocycles. The molecule has 0 atom stereocenters. The van der Waals surface area contributed by atoms with E-state index in [9.17, 15) is 0 Å². The molecule has 1 heterocycles. The molecule has 6 heteroatoms. The van der Waals surface area contributed by atoms with Crippen molar-refractivity contribution in [3.8, 4) is 0 Å². The van der Waals surface area contributed by atoms with E-state index in [1.54, 1.807) is 17.4 Å². The van der Waals surface area contributed by atoms with Gasteiger partial charge in [0.15, 0.2) is 0 Å². The summed E-state index contributed by atoms with van der Waals surface area (Å²) in [5.41, 5.74) is 2.77. The smallest absolute Gasteiger partial charge is 0.150 e. The molecule has 4 nitrogen and oxygen atoms in total. The number of azo groups is 1. The fraction of sp³-hybridized carbons (Fsp3) is 0.250. The fourth-order valence-corrected chi connectivity index (χ4v) is 0.750. The number of thiocarbonyl (C=S) groups is 1. The van der Waals surface area contributed by atoms with Crippen molar-refractivity contribution < 1.29 is 0 Å². The van der Waals surface area contributed by atoms with Crippen LogP contribution >= 0.6 is 24.8 Å². The van der Waals surface area contributed by atoms with Gasteiger partial charge in [0.25, 0.3) is 0 Å². The summed E-state index contributed by atoms with van der Waals surface area (Å²) < 4.78 is 0.418. The van der Waals surface area contributed by atoms with Crippen LogP contribution in [0, 0.1) is 0 Å². The van der Waals surface area contributed by atoms with Crippen LogP contribution in [0.1, 0.15) is 0 Å². The molecule has 0 aromatic carbocycles. The summed E-state index contributed by atoms with van der Waals surface area (Å²) in [6.45, 7) is 0.469. The van der Waals surface area contributed by atoms with Gasteiger partial charge in [-0.3, -0.25) is 10.4 Å². The Hall–Kier alpha value is -0.620. The third-order valence-electron chi connectivity index (χ3n) is 0.850. The molecular weight excluding hydrogens is 168 g/mol. The molecule has 0 amide bonds. The van der Waals surface area contributed by atoms with Gasteiger partial charge in [0, 0.05) is 6.20 Å². The minimum absolute atomic E-state index is 0.418. The van der Waals surface area contributed by atoms with E-state index in [-0.39, 0.29) is 0 Å². The van der Waals surface area contributed by atoms with Crippen molar-refractivity contribution in [2.45, 2.75) is 0 Å². The van der Waals surface area contributed by atoms with Crippen LogP contribution in [0.4, 0.5) is 0 Å². The summed E-state index contributed by atoms with van der Waals surface area (Å²) in [4.78, 5) is 0. The standard InChI is InChI=1S/C4H6N4S2/c9-4(10)7-8-2-1-5-6-3-8/h1-2H,3H2,(H2,7,9,10). The second-order valence-corrected chi connectivity index (χ2v) is 2.74. The zero-order valence-corrected chi connectivity index (χ0v) is 6.77. The summed E-state index contributed by atoms with van der Waals surface area (Å²) in [6, 6.07) is 0. The van der Waals surface area contributed by atoms with Crippen molar-refractivity contribution in [2.75, 3.05) is 6.67 Å². The number of hydrogen-bond donors (Lipinski definition) is 2. The number of hydrogen-bond acceptors (Lipinski definition) is 4. The Morgan fingerprint density at radius 3 is 3.10 bits per heavy atom. The second-order valence-electron chi connectivity index (χ2n) is 1.58. The Morgan fingerprint density at radius 1 is 1.80 bits per heavy atom. The van der Waals surface area contributed by atoms with E-state index in [1.165, 1.54) is 0 Å². The molecule has 10 heavy (non-hydrogen) atoms. The molecule has 1 rings (SSSR count). The molecule has 0 fully saturated rings. The van der Waals surface area contributed by atoms with E-state index in [1.807, 2.05) is 0 Å². The third kappa shape index (κ3) is 2.32. The zero-order chi connectivity index (χ0) is 7.40. The average molecular weight is 174 g/mol. The minimum Gasteiger partial charge on any atom is -0.281 e. The Bertz CT molecular complexity index is 188. The van der Waals surface area contributed by atoms with Gasteiger partial charge in [0.05, 0.1) is 6.20 Å². The highest BCUT2D eigenvalue weighted by Gasteiger charge is 1.98. The molecule has 0 unspecified atom stereocenters. The number of nitrogens with zero attached hydrogens (tertiary/aromatic N) is 3. The highest BCUT2D eigenvalue weighted by atomic mass is 32.1. The molecule has 0 aromatic heterocycles. The first-order valence-electron chi connectivity index (χ1n) is 2.58. The molecule has 54 valence electrons. The van der Waals surface area contributed by atoms with Crippen molar-refractivity contribution >= 4 is 29.2 Å². The van der Waals surface area contributed by atoms with Crippen LogP contribution in [-0.4, -0.2) is 16.0 Å². The van der Waals surface area contributed by atoms with Crippen molar-refractivity contribution in [3.63, 3.8) is 0 Å². The average Bonchev–Trinajstić information content (AvgIpc) is 1.88. The van der Waals surface area contributed by atoms with Gasteiger partial charge in [-0.25, -0.2) is 0 Å². The number of thiol groups is 1. The molecule has 0 bridgehead atoms. The van der Waals surface area contributed by atoms with Gasteiger partial charge in [0.1, 0.15) is 11.0 Å². The van der Waals surface area contributed by atoms with E-state index in [0.717, 1.165) is 0 Å². The monoisotopic (exact) mass is 174 g/mol. The minimum atomic E-state index is 0.418. The van der Waals surface area contributed by atoms with Gasteiger partial charge in [-0.2, -0.15) is 10.2 Å². The maximum atomic E-state index is 4.68. The molecule has 0 aromatic rings. The molecule has 1 aliphatic heterocycles. The Morgan fingerprint density at radius 2 is 2.60 bits per heavy atom. The van der Waals surface area contributed by atoms with Crippen molar-refractivity contribution in [3.05, 3.63) is 12.4 Å². The van der Waals surface area contributed by atoms with E-state index in [0.29, 0.717) is 11.0 Å². The summed E-state index contributed by atoms with van der Waals surface area (Å²) in [7, 11) is 0. The second kappa shape index (κ2) is 3.52. The molecule has 0 saturated carbocycles. The SMILES string of the molecule is S=C(S)NN1C=CN=NC1. The molecule has 1 N–H and O–H groups in total. The van der Waals surface area contributed by atoms with Gasteiger partial charge >= 0.3 is 0 Å². The Balaban J connectivity index is 2.37. The van der Waals surface area contributed by atoms with Gasteiger partial charge in [0.2, 0.25) is 0 Å². The summed E-state index contributed by atoms with van der Waals surface area (Å²) in [5, 5.41) is 9.03. The lowest BCUT2D eigenvalue weighted by molar-refractivity contribution is 0.334. The van der Waals surface area contributed by atoms with Crippen LogP contribution < -0.4 is 5.43 Å². The molecule has 0 spiro atoms. The summed E-state index contributed by atoms with van der Waals surface area (Å²) in [6.07, 6.45) is 3.30. The first-order valence-corrected chi connectivity index (χ1v) is 3.44. The third-order valence-corrected chi connectivity index (χ3v) is 1.04. The quantitative estimate of drug-likeness (QED) is 0.458. The summed E-state index contributed by atoms with van der Waals surface area (Å²) in [5.74, 6) is 0. The number of rotatable bonds is 1. The van der Waals surface area contributed by atoms with Gasteiger partial charge in [-0.1, -0.05) is 12.2 Å². The van der Waals surface area contributed by atoms with Crippen molar-refractivity contribution in [1.82, 2.24) is 10.4 Å². The van der Waals surface area contributed by atoms with Crippen LogP contribution in [0.25, 0.3) is 0 Å². The summed E-state index contributed by atoms with van der Waals surface area (Å²) >= 11 is 8.56. The van der Waals surface area contributed by atoms with Crippen LogP contribution in [0.3, 0.4) is 0 Å². The topological polar surface area (TPSA) is 40.0 Å². The van der Waals surface area contributed by atoms with E-state index in [2.05, 4.69) is 40.5 Å². The largest absolute Gasteiger partial charge is 0.281 e. The number of hydrazine groups is 1. The van der Waals surface area contributed by atoms with Crippen molar-refractivity contribution in [1.29, 1.82) is 0 Å². The van der Waals surface area contributed by atoms with Crippen molar-refractivity contribution in [2.24, 2.45) is 10.2 Å². The van der Waals surface area contributed by atoms with Crippen LogP contribution in [-0.2, 0) is 0 Å². The molecule has 0 saturated heterocycles. The molecular formula is C4H6N4S2. The van der Waals surface area contributed by atoms with Crippen LogP contribution in [0.15, 0.2) is 22.6 Å². The lowest BCUT2D eigenvalue weighted by Crippen LogP contribution is -2.35. The van der Waals surface area contributed by atoms with Crippen LogP contribution in [0.2, 0.25) is 0 Å². The lowest BCUT2D eigenvalue weighted by Gasteiger charge is -2.18. The van der Waals surface area contributed by atoms with E-state index >= 15 is 0 Å². The maximum absolute atomic E-state index is 4.68. The zero-order valence-electron chi connectivity index (χ0n) is 5.06. The normalized spacial score (nSPS) is 15.5. The van der Waals surface area contributed by atoms with Gasteiger partial charge in [-0.15, -0.1) is 12.6 Å². The first-order chi connectivity index (χ1) is 4.79. The fourth-order valence-electron chi connectivity index (χ4n) is 0.505. The Labute approximate surface area is 69.4 Å². The molecule has 0 radical (unpaired) electrons. The van der Waals surface area contributed by atoms with E-state index < -0.39 is 0 Å². The van der Waals surface area contributed by atoms with Gasteiger partial charge in [-0.05, 0) is 0 Å². The predicted molar refractivity (Wildman–Crippen MR) is 45.4 cm³/mol. The van der Waals surface area contributed by atoms with Gasteiger partial charge < -0.3 is 0 Å². The first kappa shape index (κ1) is 7.49. The lowest BCUT2D eigenvalue weighted by atomic mass is 10.8. The Kier molecular flexibility index (Phi) is 2.64.